The highest BCUT2D eigenvalue weighted by Gasteiger charge is 2.15. The Morgan fingerprint density at radius 2 is 2.12 bits per heavy atom. The highest BCUT2D eigenvalue weighted by Crippen LogP contribution is 2.35. The number of thiazole rings is 1. The van der Waals surface area contributed by atoms with E-state index in [0.717, 1.165) is 26.1 Å². The second-order valence-corrected chi connectivity index (χ2v) is 6.91. The van der Waals surface area contributed by atoms with Gasteiger partial charge in [0, 0.05) is 39.4 Å². The minimum absolute atomic E-state index is 0.570. The van der Waals surface area contributed by atoms with Crippen molar-refractivity contribution in [3.63, 3.8) is 0 Å². The summed E-state index contributed by atoms with van der Waals surface area (Å²) in [6.45, 7) is 0. The molecule has 0 saturated carbocycles. The van der Waals surface area contributed by atoms with Crippen molar-refractivity contribution in [1.29, 1.82) is 0 Å². The monoisotopic (exact) mass is 413 g/mol. The highest BCUT2D eigenvalue weighted by molar-refractivity contribution is 9.10. The van der Waals surface area contributed by atoms with E-state index in [2.05, 4.69) is 31.2 Å². The topological polar surface area (TPSA) is 72.8 Å². The fourth-order valence-electron chi connectivity index (χ4n) is 2.43. The van der Waals surface area contributed by atoms with Crippen LogP contribution in [-0.4, -0.2) is 27.0 Å². The molecule has 3 heterocycles. The van der Waals surface area contributed by atoms with Gasteiger partial charge in [-0.15, -0.1) is 11.3 Å². The summed E-state index contributed by atoms with van der Waals surface area (Å²) in [5.74, 6) is 1.90. The number of rotatable bonds is 4. The van der Waals surface area contributed by atoms with Crippen LogP contribution < -0.4 is 10.1 Å². The number of hydrogen-bond acceptors (Lipinski definition) is 7. The van der Waals surface area contributed by atoms with E-state index in [1.54, 1.807) is 25.7 Å². The number of aromatic nitrogens is 4. The molecule has 0 amide bonds. The number of halogens is 1. The molecule has 1 aromatic carbocycles. The number of anilines is 2. The normalized spacial score (nSPS) is 10.8. The zero-order valence-electron chi connectivity index (χ0n) is 13.1. The first kappa shape index (κ1) is 15.9. The van der Waals surface area contributed by atoms with Gasteiger partial charge in [0.15, 0.2) is 11.0 Å². The Morgan fingerprint density at radius 3 is 2.84 bits per heavy atom. The van der Waals surface area contributed by atoms with Crippen molar-refractivity contribution in [3.05, 3.63) is 52.7 Å². The molecule has 0 spiro atoms. The largest absolute Gasteiger partial charge is 0.494 e. The Kier molecular flexibility index (Phi) is 4.29. The van der Waals surface area contributed by atoms with Gasteiger partial charge in [-0.3, -0.25) is 4.98 Å². The van der Waals surface area contributed by atoms with Crippen molar-refractivity contribution >= 4 is 49.1 Å². The maximum Gasteiger partial charge on any atom is 0.188 e. The van der Waals surface area contributed by atoms with Gasteiger partial charge in [0.05, 0.1) is 7.11 Å². The summed E-state index contributed by atoms with van der Waals surface area (Å²) < 4.78 is 6.40. The molecule has 8 heteroatoms. The van der Waals surface area contributed by atoms with Gasteiger partial charge < -0.3 is 10.1 Å². The quantitative estimate of drug-likeness (QED) is 0.524. The lowest BCUT2D eigenvalue weighted by atomic mass is 10.2. The van der Waals surface area contributed by atoms with Crippen LogP contribution in [0.3, 0.4) is 0 Å². The number of nitrogens with one attached hydrogen (secondary N) is 1. The van der Waals surface area contributed by atoms with E-state index >= 15 is 0 Å². The van der Waals surface area contributed by atoms with Crippen molar-refractivity contribution in [2.24, 2.45) is 0 Å². The lowest BCUT2D eigenvalue weighted by molar-refractivity contribution is 0.418. The van der Waals surface area contributed by atoms with E-state index in [-0.39, 0.29) is 0 Å². The Balaban J connectivity index is 1.97. The highest BCUT2D eigenvalue weighted by atomic mass is 79.9. The molecule has 3 aromatic heterocycles. The molecule has 6 nitrogen and oxygen atoms in total. The SMILES string of the molecule is COc1cc(Br)cc2c(Nc3nccs3)nc(-c3cccnc3)nc12. The first-order valence-corrected chi connectivity index (χ1v) is 9.04. The predicted octanol–water partition coefficient (Wildman–Crippen LogP) is 4.66. The van der Waals surface area contributed by atoms with Gasteiger partial charge in [-0.25, -0.2) is 15.0 Å². The van der Waals surface area contributed by atoms with E-state index in [9.17, 15) is 0 Å². The third-order valence-electron chi connectivity index (χ3n) is 3.53. The average Bonchev–Trinajstić information content (AvgIpc) is 3.15. The first-order chi connectivity index (χ1) is 12.2. The number of ether oxygens (including phenoxy) is 1. The van der Waals surface area contributed by atoms with Crippen LogP contribution in [0.15, 0.2) is 52.7 Å². The fraction of sp³-hybridized carbons (Fsp3) is 0.0588. The average molecular weight is 414 g/mol. The van der Waals surface area contributed by atoms with Crippen molar-refractivity contribution in [2.45, 2.75) is 0 Å². The summed E-state index contributed by atoms with van der Waals surface area (Å²) in [5, 5.41) is 6.78. The third kappa shape index (κ3) is 3.18. The van der Waals surface area contributed by atoms with Crippen LogP contribution in [-0.2, 0) is 0 Å². The minimum Gasteiger partial charge on any atom is -0.494 e. The molecule has 0 saturated heterocycles. The number of nitrogens with zero attached hydrogens (tertiary/aromatic N) is 4. The Labute approximate surface area is 156 Å². The summed E-state index contributed by atoms with van der Waals surface area (Å²) in [4.78, 5) is 17.8. The summed E-state index contributed by atoms with van der Waals surface area (Å²) in [7, 11) is 1.63. The van der Waals surface area contributed by atoms with E-state index in [1.165, 1.54) is 11.3 Å². The molecular formula is C17H12BrN5OS. The van der Waals surface area contributed by atoms with Crippen molar-refractivity contribution < 1.29 is 4.74 Å². The maximum atomic E-state index is 5.51. The van der Waals surface area contributed by atoms with E-state index in [0.29, 0.717) is 17.4 Å². The Hall–Kier alpha value is -2.58. The molecule has 0 atom stereocenters. The predicted molar refractivity (Wildman–Crippen MR) is 102 cm³/mol. The van der Waals surface area contributed by atoms with Crippen molar-refractivity contribution in [2.75, 3.05) is 12.4 Å². The Morgan fingerprint density at radius 1 is 1.20 bits per heavy atom. The van der Waals surface area contributed by atoms with Crippen LogP contribution in [0.5, 0.6) is 5.75 Å². The van der Waals surface area contributed by atoms with E-state index in [4.69, 9.17) is 14.7 Å². The lowest BCUT2D eigenvalue weighted by Crippen LogP contribution is -2.00. The van der Waals surface area contributed by atoms with E-state index < -0.39 is 0 Å². The number of pyridine rings is 1. The van der Waals surface area contributed by atoms with Crippen LogP contribution in [0, 0.1) is 0 Å². The van der Waals surface area contributed by atoms with Gasteiger partial charge >= 0.3 is 0 Å². The summed E-state index contributed by atoms with van der Waals surface area (Å²) >= 11 is 5.02. The first-order valence-electron chi connectivity index (χ1n) is 7.37. The molecule has 0 aliphatic rings. The smallest absolute Gasteiger partial charge is 0.188 e. The second-order valence-electron chi connectivity index (χ2n) is 5.10. The van der Waals surface area contributed by atoms with Gasteiger partial charge in [-0.05, 0) is 24.3 Å². The molecule has 0 bridgehead atoms. The summed E-state index contributed by atoms with van der Waals surface area (Å²) in [6.07, 6.45) is 5.20. The number of methoxy groups -OCH3 is 1. The molecule has 0 aliphatic heterocycles. The van der Waals surface area contributed by atoms with Gasteiger partial charge in [-0.1, -0.05) is 15.9 Å². The van der Waals surface area contributed by atoms with Crippen molar-refractivity contribution in [1.82, 2.24) is 19.9 Å². The van der Waals surface area contributed by atoms with Gasteiger partial charge in [0.1, 0.15) is 17.1 Å². The molecule has 4 aromatic rings. The molecular weight excluding hydrogens is 402 g/mol. The fourth-order valence-corrected chi connectivity index (χ4v) is 3.39. The number of hydrogen-bond donors (Lipinski definition) is 1. The van der Waals surface area contributed by atoms with Crippen LogP contribution in [0.2, 0.25) is 0 Å². The van der Waals surface area contributed by atoms with Crippen LogP contribution in [0.4, 0.5) is 10.9 Å². The maximum absolute atomic E-state index is 5.51. The zero-order valence-corrected chi connectivity index (χ0v) is 15.5. The van der Waals surface area contributed by atoms with E-state index in [1.807, 2.05) is 29.6 Å². The number of fused-ring (bicyclic) bond motifs is 1. The zero-order chi connectivity index (χ0) is 17.2. The summed E-state index contributed by atoms with van der Waals surface area (Å²) in [6, 6.07) is 7.62. The third-order valence-corrected chi connectivity index (χ3v) is 4.67. The molecule has 124 valence electrons. The van der Waals surface area contributed by atoms with Crippen LogP contribution in [0.1, 0.15) is 0 Å². The lowest BCUT2D eigenvalue weighted by Gasteiger charge is -2.12. The molecule has 25 heavy (non-hydrogen) atoms. The minimum atomic E-state index is 0.570. The molecule has 0 aliphatic carbocycles. The van der Waals surface area contributed by atoms with Gasteiger partial charge in [0.2, 0.25) is 0 Å². The Bertz CT molecular complexity index is 1020. The van der Waals surface area contributed by atoms with Crippen LogP contribution >= 0.6 is 27.3 Å². The molecule has 0 radical (unpaired) electrons. The standard InChI is InChI=1S/C17H12BrN5OS/c1-24-13-8-11(18)7-12-14(13)21-15(10-3-2-4-19-9-10)22-16(12)23-17-20-5-6-25-17/h2-9H,1H3,(H,20,21,22,23). The second kappa shape index (κ2) is 6.73. The van der Waals surface area contributed by atoms with Gasteiger partial charge in [0.25, 0.3) is 0 Å². The van der Waals surface area contributed by atoms with Crippen molar-refractivity contribution in [3.8, 4) is 17.1 Å². The molecule has 4 rings (SSSR count). The van der Waals surface area contributed by atoms with Gasteiger partial charge in [-0.2, -0.15) is 0 Å². The molecule has 0 unspecified atom stereocenters. The molecule has 0 fully saturated rings. The summed E-state index contributed by atoms with van der Waals surface area (Å²) in [5.41, 5.74) is 1.55. The molecule has 1 N–H and O–H groups in total. The number of benzene rings is 1. The van der Waals surface area contributed by atoms with Crippen LogP contribution in [0.25, 0.3) is 22.3 Å².